The standard InChI is InChI=1S/C23H15FN2O3S/c24-16-4-1-13(2-5-16)20-8-6-17(30-20)11-14-9-10-26-21(14)25-19-12-15(23(28)29)3-7-18(19)22(26)27/h1-8,11-12H,9-10H2,(H,28,29)/b14-11+. The number of thiophene rings is 1. The number of carbonyl (C=O) groups is 1. The number of hydrogen-bond donors (Lipinski definition) is 1. The molecule has 0 bridgehead atoms. The minimum atomic E-state index is -1.05. The van der Waals surface area contributed by atoms with E-state index in [1.54, 1.807) is 28.0 Å². The highest BCUT2D eigenvalue weighted by atomic mass is 32.1. The zero-order valence-corrected chi connectivity index (χ0v) is 16.4. The summed E-state index contributed by atoms with van der Waals surface area (Å²) in [6, 6.07) is 14.7. The molecule has 0 fully saturated rings. The Kier molecular flexibility index (Phi) is 4.33. The fourth-order valence-corrected chi connectivity index (χ4v) is 4.64. The van der Waals surface area contributed by atoms with Gasteiger partial charge in [0.2, 0.25) is 0 Å². The molecule has 4 aromatic rings. The molecule has 0 saturated heterocycles. The number of aromatic nitrogens is 2. The number of halogens is 1. The molecular weight excluding hydrogens is 403 g/mol. The Bertz CT molecular complexity index is 1400. The zero-order chi connectivity index (χ0) is 20.8. The van der Waals surface area contributed by atoms with Gasteiger partial charge in [-0.25, -0.2) is 14.2 Å². The van der Waals surface area contributed by atoms with Gasteiger partial charge in [0.25, 0.3) is 5.56 Å². The van der Waals surface area contributed by atoms with E-state index in [9.17, 15) is 19.1 Å². The fourth-order valence-electron chi connectivity index (χ4n) is 3.66. The van der Waals surface area contributed by atoms with Crippen molar-refractivity contribution in [1.29, 1.82) is 0 Å². The molecule has 0 atom stereocenters. The van der Waals surface area contributed by atoms with Crippen LogP contribution in [0.2, 0.25) is 0 Å². The van der Waals surface area contributed by atoms with Crippen molar-refractivity contribution in [3.8, 4) is 10.4 Å². The van der Waals surface area contributed by atoms with Gasteiger partial charge in [-0.3, -0.25) is 9.36 Å². The Morgan fingerprint density at radius 3 is 2.70 bits per heavy atom. The Morgan fingerprint density at radius 1 is 1.13 bits per heavy atom. The summed E-state index contributed by atoms with van der Waals surface area (Å²) in [7, 11) is 0. The second kappa shape index (κ2) is 7.03. The Hall–Kier alpha value is -3.58. The molecule has 0 saturated carbocycles. The second-order valence-corrected chi connectivity index (χ2v) is 8.17. The lowest BCUT2D eigenvalue weighted by molar-refractivity contribution is 0.0697. The van der Waals surface area contributed by atoms with Crippen molar-refractivity contribution in [2.45, 2.75) is 13.0 Å². The van der Waals surface area contributed by atoms with Crippen LogP contribution in [0.5, 0.6) is 0 Å². The predicted molar refractivity (Wildman–Crippen MR) is 115 cm³/mol. The highest BCUT2D eigenvalue weighted by Crippen LogP contribution is 2.33. The lowest BCUT2D eigenvalue weighted by Crippen LogP contribution is -2.20. The van der Waals surface area contributed by atoms with Gasteiger partial charge in [-0.1, -0.05) is 12.1 Å². The lowest BCUT2D eigenvalue weighted by Gasteiger charge is -2.06. The van der Waals surface area contributed by atoms with Crippen LogP contribution in [0.3, 0.4) is 0 Å². The molecule has 0 spiro atoms. The lowest BCUT2D eigenvalue weighted by atomic mass is 10.1. The fraction of sp³-hybridized carbons (Fsp3) is 0.0870. The predicted octanol–water partition coefficient (Wildman–Crippen LogP) is 4.91. The molecule has 0 aliphatic carbocycles. The second-order valence-electron chi connectivity index (χ2n) is 7.06. The molecule has 1 aliphatic heterocycles. The highest BCUT2D eigenvalue weighted by Gasteiger charge is 2.21. The number of rotatable bonds is 3. The third-order valence-electron chi connectivity index (χ3n) is 5.17. The van der Waals surface area contributed by atoms with Gasteiger partial charge < -0.3 is 5.11 Å². The quantitative estimate of drug-likeness (QED) is 0.513. The first-order valence-corrected chi connectivity index (χ1v) is 10.2. The first-order chi connectivity index (χ1) is 14.5. The molecule has 0 radical (unpaired) electrons. The number of carboxylic acid groups (broad SMARTS) is 1. The molecule has 0 amide bonds. The molecule has 1 aliphatic rings. The number of fused-ring (bicyclic) bond motifs is 2. The van der Waals surface area contributed by atoms with Crippen LogP contribution in [0.4, 0.5) is 4.39 Å². The summed E-state index contributed by atoms with van der Waals surface area (Å²) in [6.45, 7) is 0.541. The van der Waals surface area contributed by atoms with Crippen LogP contribution < -0.4 is 5.56 Å². The van der Waals surface area contributed by atoms with Crippen LogP contribution >= 0.6 is 11.3 Å². The SMILES string of the molecule is O=C(O)c1ccc2c(=O)n3c(nc2c1)/C(=C/c1ccc(-c2ccc(F)cc2)s1)CC3. The highest BCUT2D eigenvalue weighted by molar-refractivity contribution is 7.16. The van der Waals surface area contributed by atoms with Gasteiger partial charge in [-0.15, -0.1) is 11.3 Å². The van der Waals surface area contributed by atoms with Crippen LogP contribution in [0, 0.1) is 5.82 Å². The van der Waals surface area contributed by atoms with Crippen molar-refractivity contribution in [3.63, 3.8) is 0 Å². The monoisotopic (exact) mass is 418 g/mol. The van der Waals surface area contributed by atoms with Gasteiger partial charge >= 0.3 is 5.97 Å². The average molecular weight is 418 g/mol. The summed E-state index contributed by atoms with van der Waals surface area (Å²) in [4.78, 5) is 30.7. The van der Waals surface area contributed by atoms with Crippen molar-refractivity contribution in [2.75, 3.05) is 0 Å². The van der Waals surface area contributed by atoms with Crippen molar-refractivity contribution < 1.29 is 14.3 Å². The molecule has 148 valence electrons. The van der Waals surface area contributed by atoms with E-state index in [0.29, 0.717) is 29.7 Å². The van der Waals surface area contributed by atoms with E-state index >= 15 is 0 Å². The number of benzene rings is 2. The molecule has 2 aromatic carbocycles. The minimum absolute atomic E-state index is 0.102. The molecule has 5 rings (SSSR count). The number of allylic oxidation sites excluding steroid dienone is 1. The molecule has 5 nitrogen and oxygen atoms in total. The minimum Gasteiger partial charge on any atom is -0.478 e. The van der Waals surface area contributed by atoms with E-state index in [2.05, 4.69) is 4.98 Å². The van der Waals surface area contributed by atoms with E-state index < -0.39 is 5.97 Å². The van der Waals surface area contributed by atoms with E-state index in [-0.39, 0.29) is 16.9 Å². The summed E-state index contributed by atoms with van der Waals surface area (Å²) >= 11 is 1.58. The van der Waals surface area contributed by atoms with Gasteiger partial charge in [0.15, 0.2) is 0 Å². The van der Waals surface area contributed by atoms with Gasteiger partial charge in [0.05, 0.1) is 16.5 Å². The molecular formula is C23H15FN2O3S. The van der Waals surface area contributed by atoms with Crippen LogP contribution in [-0.4, -0.2) is 20.6 Å². The van der Waals surface area contributed by atoms with E-state index in [0.717, 1.165) is 20.9 Å². The van der Waals surface area contributed by atoms with Gasteiger partial charge in [-0.2, -0.15) is 0 Å². The first kappa shape index (κ1) is 18.4. The summed E-state index contributed by atoms with van der Waals surface area (Å²) in [5, 5.41) is 9.64. The number of hydrogen-bond acceptors (Lipinski definition) is 4. The molecule has 0 unspecified atom stereocenters. The van der Waals surface area contributed by atoms with Gasteiger partial charge in [-0.05, 0) is 66.1 Å². The van der Waals surface area contributed by atoms with Gasteiger partial charge in [0.1, 0.15) is 11.6 Å². The van der Waals surface area contributed by atoms with Crippen LogP contribution in [-0.2, 0) is 6.54 Å². The number of aromatic carboxylic acids is 1. The van der Waals surface area contributed by atoms with Crippen molar-refractivity contribution in [2.24, 2.45) is 0 Å². The normalized spacial score (nSPS) is 14.4. The van der Waals surface area contributed by atoms with Crippen molar-refractivity contribution >= 4 is 39.9 Å². The maximum Gasteiger partial charge on any atom is 0.335 e. The molecule has 2 aromatic heterocycles. The van der Waals surface area contributed by atoms with Gasteiger partial charge in [0, 0.05) is 16.3 Å². The zero-order valence-electron chi connectivity index (χ0n) is 15.6. The third kappa shape index (κ3) is 3.13. The summed E-state index contributed by atoms with van der Waals surface area (Å²) in [5.41, 5.74) is 2.21. The van der Waals surface area contributed by atoms with Crippen LogP contribution in [0.15, 0.2) is 59.4 Å². The maximum atomic E-state index is 13.2. The van der Waals surface area contributed by atoms with Crippen LogP contribution in [0.1, 0.15) is 27.5 Å². The summed E-state index contributed by atoms with van der Waals surface area (Å²) in [6.07, 6.45) is 2.68. The number of nitrogens with zero attached hydrogens (tertiary/aromatic N) is 2. The van der Waals surface area contributed by atoms with E-state index in [4.69, 9.17) is 0 Å². The smallest absolute Gasteiger partial charge is 0.335 e. The molecule has 30 heavy (non-hydrogen) atoms. The maximum absolute atomic E-state index is 13.2. The van der Waals surface area contributed by atoms with Crippen molar-refractivity contribution in [1.82, 2.24) is 9.55 Å². The Morgan fingerprint density at radius 2 is 1.93 bits per heavy atom. The summed E-state index contributed by atoms with van der Waals surface area (Å²) < 4.78 is 14.8. The Labute approximate surface area is 174 Å². The number of carboxylic acids is 1. The molecule has 1 N–H and O–H groups in total. The largest absolute Gasteiger partial charge is 0.478 e. The van der Waals surface area contributed by atoms with Crippen molar-refractivity contribution in [3.05, 3.63) is 87.0 Å². The third-order valence-corrected chi connectivity index (χ3v) is 6.25. The van der Waals surface area contributed by atoms with Crippen LogP contribution in [0.25, 0.3) is 33.0 Å². The first-order valence-electron chi connectivity index (χ1n) is 9.34. The van der Waals surface area contributed by atoms with E-state index in [1.807, 2.05) is 18.2 Å². The topological polar surface area (TPSA) is 72.2 Å². The average Bonchev–Trinajstić information content (AvgIpc) is 3.36. The summed E-state index contributed by atoms with van der Waals surface area (Å²) in [5.74, 6) is -0.747. The molecule has 7 heteroatoms. The Balaban J connectivity index is 1.56. The molecule has 3 heterocycles. The van der Waals surface area contributed by atoms with E-state index in [1.165, 1.54) is 30.3 Å².